The molecule has 0 fully saturated rings. The van der Waals surface area contributed by atoms with Gasteiger partial charge < -0.3 is 20.3 Å². The molecule has 0 bridgehead atoms. The third-order valence-electron chi connectivity index (χ3n) is 4.41. The maximum atomic E-state index is 11.5. The number of nitrogens with one attached hydrogen (secondary N) is 1. The molecule has 0 aromatic heterocycles. The minimum Gasteiger partial charge on any atom is -0.490 e. The van der Waals surface area contributed by atoms with Crippen molar-refractivity contribution in [3.8, 4) is 5.75 Å². The van der Waals surface area contributed by atoms with E-state index < -0.39 is 27.4 Å². The third-order valence-corrected chi connectivity index (χ3v) is 5.04. The fourth-order valence-electron chi connectivity index (χ4n) is 2.43. The summed E-state index contributed by atoms with van der Waals surface area (Å²) >= 11 is 0. The quantitative estimate of drug-likeness (QED) is 0.340. The number of sulfone groups is 1. The standard InChI is InChI=1S/C22H33NO6S/c1-17(5-10-20(24)22(2,3)26)12-15-29-19-8-6-18(7-9-19)11-14-23-21(25)13-16-30(4,27)28/h6-9,12-13,16,20,24,26H,5,10-11,14-15H2,1-4H3,(H,23,25). The van der Waals surface area contributed by atoms with E-state index >= 15 is 0 Å². The SMILES string of the molecule is CC(=CCOc1ccc(CCNC(=O)C=CS(C)(=O)=O)cc1)CCC(O)C(C)(C)O. The van der Waals surface area contributed by atoms with E-state index in [4.69, 9.17) is 4.74 Å². The first-order valence-electron chi connectivity index (χ1n) is 9.80. The van der Waals surface area contributed by atoms with Gasteiger partial charge in [0.15, 0.2) is 9.84 Å². The number of carbonyl (C=O) groups is 1. The Morgan fingerprint density at radius 3 is 2.47 bits per heavy atom. The molecule has 0 heterocycles. The lowest BCUT2D eigenvalue weighted by atomic mass is 9.96. The monoisotopic (exact) mass is 439 g/mol. The van der Waals surface area contributed by atoms with E-state index in [0.29, 0.717) is 32.4 Å². The molecular weight excluding hydrogens is 406 g/mol. The predicted octanol–water partition coefficient (Wildman–Crippen LogP) is 2.14. The number of benzene rings is 1. The number of carbonyl (C=O) groups excluding carboxylic acids is 1. The molecule has 0 saturated carbocycles. The second kappa shape index (κ2) is 11.9. The minimum atomic E-state index is -3.31. The molecule has 1 aromatic rings. The lowest BCUT2D eigenvalue weighted by molar-refractivity contribution is -0.116. The van der Waals surface area contributed by atoms with Gasteiger partial charge in [-0.15, -0.1) is 0 Å². The summed E-state index contributed by atoms with van der Waals surface area (Å²) in [5, 5.41) is 23.1. The van der Waals surface area contributed by atoms with Crippen LogP contribution in [0.15, 0.2) is 47.4 Å². The Balaban J connectivity index is 2.36. The fourth-order valence-corrected chi connectivity index (χ4v) is 2.80. The third kappa shape index (κ3) is 11.7. The molecule has 3 N–H and O–H groups in total. The fraction of sp³-hybridized carbons (Fsp3) is 0.500. The number of aliphatic hydroxyl groups excluding tert-OH is 1. The molecular formula is C22H33NO6S. The predicted molar refractivity (Wildman–Crippen MR) is 118 cm³/mol. The van der Waals surface area contributed by atoms with E-state index in [-0.39, 0.29) is 0 Å². The molecule has 0 saturated heterocycles. The van der Waals surface area contributed by atoms with Gasteiger partial charge in [0.1, 0.15) is 12.4 Å². The molecule has 168 valence electrons. The highest BCUT2D eigenvalue weighted by Gasteiger charge is 2.23. The van der Waals surface area contributed by atoms with Crippen molar-refractivity contribution in [2.24, 2.45) is 0 Å². The maximum absolute atomic E-state index is 11.5. The van der Waals surface area contributed by atoms with Crippen molar-refractivity contribution < 1.29 is 28.2 Å². The Morgan fingerprint density at radius 2 is 1.90 bits per heavy atom. The van der Waals surface area contributed by atoms with E-state index in [1.807, 2.05) is 37.3 Å². The van der Waals surface area contributed by atoms with Gasteiger partial charge in [0.25, 0.3) is 0 Å². The summed E-state index contributed by atoms with van der Waals surface area (Å²) in [6.45, 7) is 5.95. The molecule has 1 amide bonds. The first-order valence-corrected chi connectivity index (χ1v) is 11.8. The van der Waals surface area contributed by atoms with Gasteiger partial charge in [0, 0.05) is 24.3 Å². The summed E-state index contributed by atoms with van der Waals surface area (Å²) in [5.41, 5.74) is 0.992. The number of amides is 1. The van der Waals surface area contributed by atoms with Crippen molar-refractivity contribution in [1.29, 1.82) is 0 Å². The number of allylic oxidation sites excluding steroid dienone is 1. The van der Waals surface area contributed by atoms with Gasteiger partial charge in [-0.2, -0.15) is 0 Å². The highest BCUT2D eigenvalue weighted by atomic mass is 32.2. The van der Waals surface area contributed by atoms with Gasteiger partial charge in [-0.1, -0.05) is 17.7 Å². The molecule has 30 heavy (non-hydrogen) atoms. The second-order valence-electron chi connectivity index (χ2n) is 7.89. The summed E-state index contributed by atoms with van der Waals surface area (Å²) in [7, 11) is -3.31. The summed E-state index contributed by atoms with van der Waals surface area (Å²) in [6, 6.07) is 7.51. The van der Waals surface area contributed by atoms with Gasteiger partial charge in [-0.25, -0.2) is 8.42 Å². The Hall–Kier alpha value is -2.16. The van der Waals surface area contributed by atoms with Crippen LogP contribution in [0.3, 0.4) is 0 Å². The summed E-state index contributed by atoms with van der Waals surface area (Å²) in [4.78, 5) is 11.5. The molecule has 0 spiro atoms. The average molecular weight is 440 g/mol. The molecule has 0 aliphatic heterocycles. The molecule has 0 aliphatic rings. The van der Waals surface area contributed by atoms with Crippen LogP contribution < -0.4 is 10.1 Å². The van der Waals surface area contributed by atoms with Crippen LogP contribution in [0.1, 0.15) is 39.2 Å². The Kier molecular flexibility index (Phi) is 10.2. The normalized spacial score (nSPS) is 14.0. The number of hydrogen-bond acceptors (Lipinski definition) is 6. The van der Waals surface area contributed by atoms with Crippen molar-refractivity contribution in [3.63, 3.8) is 0 Å². The molecule has 1 unspecified atom stereocenters. The smallest absolute Gasteiger partial charge is 0.244 e. The van der Waals surface area contributed by atoms with Crippen LogP contribution in [-0.2, 0) is 21.1 Å². The first kappa shape index (κ1) is 25.9. The average Bonchev–Trinajstić information content (AvgIpc) is 2.64. The van der Waals surface area contributed by atoms with Crippen LogP contribution in [0.4, 0.5) is 0 Å². The van der Waals surface area contributed by atoms with E-state index in [1.54, 1.807) is 13.8 Å². The van der Waals surface area contributed by atoms with Crippen LogP contribution in [0.2, 0.25) is 0 Å². The van der Waals surface area contributed by atoms with Crippen molar-refractivity contribution in [2.45, 2.75) is 51.7 Å². The topological polar surface area (TPSA) is 113 Å². The summed E-state index contributed by atoms with van der Waals surface area (Å²) in [6.07, 6.45) is 4.99. The number of rotatable bonds is 12. The second-order valence-corrected chi connectivity index (χ2v) is 9.82. The number of ether oxygens (including phenoxy) is 1. The van der Waals surface area contributed by atoms with Crippen molar-refractivity contribution in [3.05, 3.63) is 53.0 Å². The Labute approximate surface area is 179 Å². The zero-order chi connectivity index (χ0) is 22.8. The van der Waals surface area contributed by atoms with Gasteiger partial charge >= 0.3 is 0 Å². The van der Waals surface area contributed by atoms with Gasteiger partial charge in [-0.05, 0) is 63.8 Å². The zero-order valence-electron chi connectivity index (χ0n) is 18.1. The van der Waals surface area contributed by atoms with Crippen molar-refractivity contribution in [2.75, 3.05) is 19.4 Å². The van der Waals surface area contributed by atoms with Crippen molar-refractivity contribution >= 4 is 15.7 Å². The lowest BCUT2D eigenvalue weighted by Gasteiger charge is -2.24. The Morgan fingerprint density at radius 1 is 1.27 bits per heavy atom. The molecule has 1 rings (SSSR count). The van der Waals surface area contributed by atoms with Crippen LogP contribution in [0, 0.1) is 0 Å². The molecule has 0 radical (unpaired) electrons. The van der Waals surface area contributed by atoms with Crippen LogP contribution in [-0.4, -0.2) is 55.7 Å². The summed E-state index contributed by atoms with van der Waals surface area (Å²) < 4.78 is 27.6. The van der Waals surface area contributed by atoms with E-state index in [2.05, 4.69) is 5.32 Å². The van der Waals surface area contributed by atoms with Crippen molar-refractivity contribution in [1.82, 2.24) is 5.32 Å². The van der Waals surface area contributed by atoms with Crippen LogP contribution in [0.5, 0.6) is 5.75 Å². The molecule has 7 nitrogen and oxygen atoms in total. The molecule has 1 aromatic carbocycles. The van der Waals surface area contributed by atoms with E-state index in [9.17, 15) is 23.4 Å². The molecule has 1 atom stereocenters. The Bertz CT molecular complexity index is 835. The lowest BCUT2D eigenvalue weighted by Crippen LogP contribution is -2.35. The van der Waals surface area contributed by atoms with Gasteiger partial charge in [0.05, 0.1) is 11.7 Å². The van der Waals surface area contributed by atoms with Crippen LogP contribution in [0.25, 0.3) is 0 Å². The largest absolute Gasteiger partial charge is 0.490 e. The number of aliphatic hydroxyl groups is 2. The highest BCUT2D eigenvalue weighted by molar-refractivity contribution is 7.93. The van der Waals surface area contributed by atoms with Gasteiger partial charge in [-0.3, -0.25) is 4.79 Å². The van der Waals surface area contributed by atoms with Gasteiger partial charge in [0.2, 0.25) is 5.91 Å². The maximum Gasteiger partial charge on any atom is 0.244 e. The highest BCUT2D eigenvalue weighted by Crippen LogP contribution is 2.17. The minimum absolute atomic E-state index is 0.394. The van der Waals surface area contributed by atoms with E-state index in [1.165, 1.54) is 0 Å². The number of hydrogen-bond donors (Lipinski definition) is 3. The van der Waals surface area contributed by atoms with E-state index in [0.717, 1.165) is 34.6 Å². The molecule has 8 heteroatoms. The zero-order valence-corrected chi connectivity index (χ0v) is 18.9. The van der Waals surface area contributed by atoms with Crippen LogP contribution >= 0.6 is 0 Å². The first-order chi connectivity index (χ1) is 13.9. The summed E-state index contributed by atoms with van der Waals surface area (Å²) in [5.74, 6) is 0.275. The molecule has 0 aliphatic carbocycles.